The predicted octanol–water partition coefficient (Wildman–Crippen LogP) is 0.930. The number of hydrogen-bond acceptors (Lipinski definition) is 1. The topological polar surface area (TPSA) is 17.1 Å². The summed E-state index contributed by atoms with van der Waals surface area (Å²) in [6.07, 6.45) is 0. The Morgan fingerprint density at radius 2 is 1.50 bits per heavy atom. The van der Waals surface area contributed by atoms with E-state index in [1.54, 1.807) is 21.0 Å². The van der Waals surface area contributed by atoms with Gasteiger partial charge in [0.25, 0.3) is 0 Å². The van der Waals surface area contributed by atoms with Gasteiger partial charge in [0.1, 0.15) is 0 Å². The molecule has 0 saturated carbocycles. The Bertz CT molecular complexity index is 8.00. The molecule has 0 radical (unpaired) electrons. The zero-order chi connectivity index (χ0) is 4.00. The van der Waals surface area contributed by atoms with Gasteiger partial charge >= 0.3 is 24.3 Å². The maximum atomic E-state index is 8.06. The minimum atomic E-state index is 1.70. The van der Waals surface area contributed by atoms with Crippen LogP contribution in [0.5, 0.6) is 0 Å². The Balaban J connectivity index is 0. The normalized spacial score (nSPS) is 3.00. The van der Waals surface area contributed by atoms with E-state index >= 15 is 0 Å². The number of halogens is 1. The van der Waals surface area contributed by atoms with Crippen LogP contribution in [0.3, 0.4) is 0 Å². The standard InChI is InChI=1S/CH3I.Ag.O/c1-2;;/h1H3;;. The average molecular weight is 266 g/mol. The summed E-state index contributed by atoms with van der Waals surface area (Å²) in [6, 6.07) is 0. The summed E-state index contributed by atoms with van der Waals surface area (Å²) in [4.78, 5) is 1.97. The quantitative estimate of drug-likeness (QED) is 0.362. The van der Waals surface area contributed by atoms with E-state index in [2.05, 4.69) is 22.6 Å². The van der Waals surface area contributed by atoms with E-state index in [-0.39, 0.29) is 0 Å². The summed E-state index contributed by atoms with van der Waals surface area (Å²) in [5.41, 5.74) is 0. The van der Waals surface area contributed by atoms with Gasteiger partial charge in [-0.05, 0) is 4.93 Å². The summed E-state index contributed by atoms with van der Waals surface area (Å²) in [5.74, 6) is 0. The van der Waals surface area contributed by atoms with Crippen molar-refractivity contribution in [3.8, 4) is 0 Å². The second-order valence-corrected chi connectivity index (χ2v) is 0. The van der Waals surface area contributed by atoms with Gasteiger partial charge in [-0.25, -0.2) is 0 Å². The molecule has 0 amide bonds. The fraction of sp³-hybridized carbons (Fsp3) is 1.00. The van der Waals surface area contributed by atoms with Crippen molar-refractivity contribution in [2.75, 3.05) is 4.93 Å². The fourth-order valence-electron chi connectivity index (χ4n) is 0. The van der Waals surface area contributed by atoms with E-state index in [0.717, 1.165) is 0 Å². The third-order valence-electron chi connectivity index (χ3n) is 0. The van der Waals surface area contributed by atoms with Crippen LogP contribution < -0.4 is 0 Å². The van der Waals surface area contributed by atoms with Crippen molar-refractivity contribution in [1.82, 2.24) is 0 Å². The van der Waals surface area contributed by atoms with Crippen molar-refractivity contribution < 1.29 is 24.3 Å². The van der Waals surface area contributed by atoms with Gasteiger partial charge < -0.3 is 0 Å². The Labute approximate surface area is 51.6 Å². The first-order valence-electron chi connectivity index (χ1n) is 0.501. The van der Waals surface area contributed by atoms with Crippen molar-refractivity contribution in [3.05, 3.63) is 0 Å². The van der Waals surface area contributed by atoms with Crippen LogP contribution in [0.1, 0.15) is 0 Å². The van der Waals surface area contributed by atoms with Crippen LogP contribution in [-0.4, -0.2) is 4.93 Å². The van der Waals surface area contributed by atoms with Gasteiger partial charge in [0, 0.05) is 0 Å². The molecule has 31 valence electrons. The zero-order valence-corrected chi connectivity index (χ0v) is 5.73. The third-order valence-corrected chi connectivity index (χ3v) is 0. The van der Waals surface area contributed by atoms with E-state index in [1.807, 2.05) is 4.93 Å². The first-order chi connectivity index (χ1) is 2.00. The van der Waals surface area contributed by atoms with Crippen molar-refractivity contribution >= 4 is 22.6 Å². The van der Waals surface area contributed by atoms with Crippen molar-refractivity contribution in [1.29, 1.82) is 0 Å². The van der Waals surface area contributed by atoms with Gasteiger partial charge in [-0.2, -0.15) is 0 Å². The van der Waals surface area contributed by atoms with E-state index in [1.165, 1.54) is 0 Å². The first-order valence-corrected chi connectivity index (χ1v) is 3.26. The SMILES string of the molecule is CI.[O]=[Ag]. The third kappa shape index (κ3) is 10.4. The summed E-state index contributed by atoms with van der Waals surface area (Å²) in [7, 11) is 0. The van der Waals surface area contributed by atoms with Crippen LogP contribution in [0.15, 0.2) is 0 Å². The van der Waals surface area contributed by atoms with E-state index < -0.39 is 0 Å². The second kappa shape index (κ2) is 28.3. The Morgan fingerprint density at radius 1 is 1.50 bits per heavy atom. The predicted molar refractivity (Wildman–Crippen MR) is 20.6 cm³/mol. The molecule has 0 fully saturated rings. The van der Waals surface area contributed by atoms with Gasteiger partial charge in [0.05, 0.1) is 0 Å². The average Bonchev–Trinajstić information content (AvgIpc) is 1.50. The molecular weight excluding hydrogens is 263 g/mol. The van der Waals surface area contributed by atoms with Crippen LogP contribution in [0, 0.1) is 0 Å². The van der Waals surface area contributed by atoms with E-state index in [4.69, 9.17) is 3.25 Å². The summed E-state index contributed by atoms with van der Waals surface area (Å²) >= 11 is 3.85. The van der Waals surface area contributed by atoms with Gasteiger partial charge in [-0.1, -0.05) is 22.6 Å². The molecule has 0 spiro atoms. The van der Waals surface area contributed by atoms with Crippen molar-refractivity contribution in [3.63, 3.8) is 0 Å². The van der Waals surface area contributed by atoms with E-state index in [9.17, 15) is 0 Å². The minimum absolute atomic E-state index is 1.70. The number of alkyl halides is 1. The summed E-state index contributed by atoms with van der Waals surface area (Å²) < 4.78 is 8.06. The van der Waals surface area contributed by atoms with Crippen LogP contribution in [0.4, 0.5) is 0 Å². The van der Waals surface area contributed by atoms with Gasteiger partial charge in [-0.3, -0.25) is 0 Å². The molecule has 0 aromatic rings. The van der Waals surface area contributed by atoms with Gasteiger partial charge in [0.15, 0.2) is 0 Å². The first kappa shape index (κ1) is 8.99. The molecule has 0 rings (SSSR count). The van der Waals surface area contributed by atoms with Crippen LogP contribution in [-0.2, 0) is 24.3 Å². The Morgan fingerprint density at radius 3 is 1.50 bits per heavy atom. The molecule has 3 heteroatoms. The molecular formula is CH3AgIO. The fourth-order valence-corrected chi connectivity index (χ4v) is 0. The molecule has 0 aromatic heterocycles. The zero-order valence-electron chi connectivity index (χ0n) is 2.09. The Hall–Kier alpha value is 1.27. The molecule has 0 aliphatic carbocycles. The Kier molecular flexibility index (Phi) is 63.6. The summed E-state index contributed by atoms with van der Waals surface area (Å²) in [6.45, 7) is 0. The molecule has 0 saturated heterocycles. The van der Waals surface area contributed by atoms with Crippen molar-refractivity contribution in [2.45, 2.75) is 0 Å². The van der Waals surface area contributed by atoms with Crippen LogP contribution in [0.25, 0.3) is 0 Å². The van der Waals surface area contributed by atoms with Gasteiger partial charge in [0.2, 0.25) is 0 Å². The summed E-state index contributed by atoms with van der Waals surface area (Å²) in [5, 5.41) is 0. The molecule has 0 aliphatic heterocycles. The number of hydrogen-bond donors (Lipinski definition) is 0. The van der Waals surface area contributed by atoms with Crippen LogP contribution >= 0.6 is 22.6 Å². The maximum absolute atomic E-state index is 8.06. The molecule has 0 aliphatic rings. The number of rotatable bonds is 0. The monoisotopic (exact) mass is 265 g/mol. The molecule has 0 unspecified atom stereocenters. The molecule has 0 atom stereocenters. The van der Waals surface area contributed by atoms with Gasteiger partial charge in [-0.15, -0.1) is 0 Å². The van der Waals surface area contributed by atoms with Crippen molar-refractivity contribution in [2.24, 2.45) is 0 Å². The second-order valence-electron chi connectivity index (χ2n) is 0. The molecule has 0 heterocycles. The molecule has 1 nitrogen and oxygen atoms in total. The molecule has 0 aromatic carbocycles. The molecule has 0 N–H and O–H groups in total. The van der Waals surface area contributed by atoms with Crippen LogP contribution in [0.2, 0.25) is 0 Å². The molecule has 0 bridgehead atoms. The van der Waals surface area contributed by atoms with E-state index in [0.29, 0.717) is 0 Å². The molecule has 4 heavy (non-hydrogen) atoms.